The monoisotopic (exact) mass is 256 g/mol. The summed E-state index contributed by atoms with van der Waals surface area (Å²) in [6.45, 7) is 2.10. The summed E-state index contributed by atoms with van der Waals surface area (Å²) in [7, 11) is 3.40. The number of hydrogen-bond donors (Lipinski definition) is 2. The maximum atomic E-state index is 13.8. The minimum Gasteiger partial charge on any atom is -0.395 e. The van der Waals surface area contributed by atoms with Crippen LogP contribution >= 0.6 is 0 Å². The van der Waals surface area contributed by atoms with Crippen LogP contribution in [0.2, 0.25) is 0 Å². The molecule has 1 aromatic rings. The largest absolute Gasteiger partial charge is 0.395 e. The lowest BCUT2D eigenvalue weighted by molar-refractivity contribution is 0.203. The molecule has 0 heterocycles. The van der Waals surface area contributed by atoms with E-state index in [-0.39, 0.29) is 12.4 Å². The van der Waals surface area contributed by atoms with Crippen molar-refractivity contribution in [2.24, 2.45) is 0 Å². The quantitative estimate of drug-likeness (QED) is 0.728. The van der Waals surface area contributed by atoms with Crippen molar-refractivity contribution in [2.75, 3.05) is 45.4 Å². The summed E-state index contributed by atoms with van der Waals surface area (Å²) in [6, 6.07) is 4.99. The van der Waals surface area contributed by atoms with Gasteiger partial charge >= 0.3 is 0 Å². The molecule has 0 aliphatic carbocycles. The molecule has 0 radical (unpaired) electrons. The van der Waals surface area contributed by atoms with Gasteiger partial charge in [-0.1, -0.05) is 6.07 Å². The van der Waals surface area contributed by atoms with Gasteiger partial charge in [0.2, 0.25) is 0 Å². The highest BCUT2D eigenvalue weighted by Crippen LogP contribution is 2.23. The number of aliphatic hydroxyl groups is 1. The highest BCUT2D eigenvalue weighted by Gasteiger charge is 2.13. The number of anilines is 1. The third-order valence-electron chi connectivity index (χ3n) is 2.72. The van der Waals surface area contributed by atoms with Crippen molar-refractivity contribution in [3.05, 3.63) is 29.6 Å². The van der Waals surface area contributed by atoms with E-state index in [9.17, 15) is 4.39 Å². The van der Waals surface area contributed by atoms with Gasteiger partial charge in [0.15, 0.2) is 0 Å². The van der Waals surface area contributed by atoms with E-state index in [1.54, 1.807) is 20.2 Å². The Kier molecular flexibility index (Phi) is 6.64. The van der Waals surface area contributed by atoms with Crippen LogP contribution < -0.4 is 10.2 Å². The molecule has 0 spiro atoms. The van der Waals surface area contributed by atoms with E-state index in [2.05, 4.69) is 5.32 Å². The molecule has 1 aromatic carbocycles. The molecular weight excluding hydrogens is 235 g/mol. The first-order valence-electron chi connectivity index (χ1n) is 6.01. The maximum absolute atomic E-state index is 13.8. The molecule has 0 atom stereocenters. The Bertz CT molecular complexity index is 361. The predicted octanol–water partition coefficient (Wildman–Crippen LogP) is 0.990. The van der Waals surface area contributed by atoms with Crippen LogP contribution in [0.4, 0.5) is 10.1 Å². The van der Waals surface area contributed by atoms with E-state index in [4.69, 9.17) is 9.84 Å². The van der Waals surface area contributed by atoms with E-state index in [0.717, 1.165) is 5.69 Å². The number of benzene rings is 1. The Hall–Kier alpha value is -1.17. The molecule has 0 unspecified atom stereocenters. The van der Waals surface area contributed by atoms with Gasteiger partial charge in [0.1, 0.15) is 5.82 Å². The third-order valence-corrected chi connectivity index (χ3v) is 2.72. The Balaban J connectivity index is 2.97. The summed E-state index contributed by atoms with van der Waals surface area (Å²) in [4.78, 5) is 1.93. The van der Waals surface area contributed by atoms with Crippen LogP contribution in [-0.2, 0) is 11.3 Å². The first-order chi connectivity index (χ1) is 8.74. The average molecular weight is 256 g/mol. The van der Waals surface area contributed by atoms with Gasteiger partial charge in [-0.15, -0.1) is 0 Å². The zero-order valence-electron chi connectivity index (χ0n) is 10.9. The van der Waals surface area contributed by atoms with Crippen molar-refractivity contribution in [3.8, 4) is 0 Å². The van der Waals surface area contributed by atoms with Gasteiger partial charge in [0, 0.05) is 38.0 Å². The van der Waals surface area contributed by atoms with Crippen LogP contribution in [0.5, 0.6) is 0 Å². The molecule has 0 amide bonds. The number of halogens is 1. The zero-order valence-corrected chi connectivity index (χ0v) is 10.9. The second kappa shape index (κ2) is 8.02. The summed E-state index contributed by atoms with van der Waals surface area (Å²) >= 11 is 0. The Labute approximate surface area is 107 Å². The molecule has 4 nitrogen and oxygen atoms in total. The van der Waals surface area contributed by atoms with Crippen LogP contribution in [0.15, 0.2) is 18.2 Å². The molecular formula is C13H21FN2O2. The topological polar surface area (TPSA) is 44.7 Å². The Morgan fingerprint density at radius 1 is 1.39 bits per heavy atom. The number of rotatable bonds is 8. The average Bonchev–Trinajstić information content (AvgIpc) is 2.37. The van der Waals surface area contributed by atoms with Gasteiger partial charge in [-0.2, -0.15) is 0 Å². The Morgan fingerprint density at radius 2 is 2.17 bits per heavy atom. The summed E-state index contributed by atoms with van der Waals surface area (Å²) < 4.78 is 18.8. The highest BCUT2D eigenvalue weighted by molar-refractivity contribution is 5.54. The standard InChI is InChI=1S/C13H21FN2O2/c1-15-10-11-12(14)4-3-5-13(11)16(6-8-17)7-9-18-2/h3-5,15,17H,6-10H2,1-2H3. The number of ether oxygens (including phenoxy) is 1. The lowest BCUT2D eigenvalue weighted by Crippen LogP contribution is -2.31. The van der Waals surface area contributed by atoms with Crippen molar-refractivity contribution in [1.29, 1.82) is 0 Å². The van der Waals surface area contributed by atoms with Crippen molar-refractivity contribution in [2.45, 2.75) is 6.54 Å². The second-order valence-electron chi connectivity index (χ2n) is 3.97. The summed E-state index contributed by atoms with van der Waals surface area (Å²) in [5, 5.41) is 12.1. The molecule has 0 fully saturated rings. The minimum atomic E-state index is -0.234. The summed E-state index contributed by atoms with van der Waals surface area (Å²) in [5.41, 5.74) is 1.42. The third kappa shape index (κ3) is 3.94. The summed E-state index contributed by atoms with van der Waals surface area (Å²) in [5.74, 6) is -0.234. The van der Waals surface area contributed by atoms with E-state index in [1.165, 1.54) is 6.07 Å². The fourth-order valence-electron chi connectivity index (χ4n) is 1.87. The van der Waals surface area contributed by atoms with Gasteiger partial charge < -0.3 is 20.1 Å². The molecule has 5 heteroatoms. The van der Waals surface area contributed by atoms with Crippen LogP contribution in [0.25, 0.3) is 0 Å². The van der Waals surface area contributed by atoms with E-state index in [0.29, 0.717) is 31.8 Å². The van der Waals surface area contributed by atoms with Crippen molar-refractivity contribution < 1.29 is 14.2 Å². The fourth-order valence-corrected chi connectivity index (χ4v) is 1.87. The van der Waals surface area contributed by atoms with E-state index in [1.807, 2.05) is 11.0 Å². The highest BCUT2D eigenvalue weighted by atomic mass is 19.1. The van der Waals surface area contributed by atoms with Crippen LogP contribution in [0.1, 0.15) is 5.56 Å². The predicted molar refractivity (Wildman–Crippen MR) is 70.3 cm³/mol. The molecule has 0 aliphatic rings. The fraction of sp³-hybridized carbons (Fsp3) is 0.538. The lowest BCUT2D eigenvalue weighted by atomic mass is 10.1. The summed E-state index contributed by atoms with van der Waals surface area (Å²) in [6.07, 6.45) is 0. The smallest absolute Gasteiger partial charge is 0.129 e. The second-order valence-corrected chi connectivity index (χ2v) is 3.97. The first-order valence-corrected chi connectivity index (χ1v) is 6.01. The molecule has 1 rings (SSSR count). The first kappa shape index (κ1) is 14.9. The van der Waals surface area contributed by atoms with Crippen molar-refractivity contribution in [3.63, 3.8) is 0 Å². The minimum absolute atomic E-state index is 0.0270. The number of nitrogens with one attached hydrogen (secondary N) is 1. The van der Waals surface area contributed by atoms with Gasteiger partial charge in [-0.3, -0.25) is 0 Å². The molecule has 102 valence electrons. The maximum Gasteiger partial charge on any atom is 0.129 e. The zero-order chi connectivity index (χ0) is 13.4. The van der Waals surface area contributed by atoms with Crippen LogP contribution in [0, 0.1) is 5.82 Å². The van der Waals surface area contributed by atoms with Gasteiger partial charge in [-0.25, -0.2) is 4.39 Å². The SMILES string of the molecule is CNCc1c(F)cccc1N(CCO)CCOC. The Morgan fingerprint density at radius 3 is 2.78 bits per heavy atom. The number of methoxy groups -OCH3 is 1. The molecule has 0 saturated heterocycles. The molecule has 18 heavy (non-hydrogen) atoms. The van der Waals surface area contributed by atoms with Gasteiger partial charge in [0.05, 0.1) is 13.2 Å². The molecule has 0 aliphatic heterocycles. The molecule has 0 bridgehead atoms. The van der Waals surface area contributed by atoms with Crippen LogP contribution in [-0.4, -0.2) is 45.6 Å². The van der Waals surface area contributed by atoms with Crippen molar-refractivity contribution >= 4 is 5.69 Å². The molecule has 0 aromatic heterocycles. The van der Waals surface area contributed by atoms with Gasteiger partial charge in [0.25, 0.3) is 0 Å². The van der Waals surface area contributed by atoms with E-state index < -0.39 is 0 Å². The molecule has 0 saturated carbocycles. The molecule has 2 N–H and O–H groups in total. The number of hydrogen-bond acceptors (Lipinski definition) is 4. The van der Waals surface area contributed by atoms with Crippen LogP contribution in [0.3, 0.4) is 0 Å². The number of aliphatic hydroxyl groups excluding tert-OH is 1. The van der Waals surface area contributed by atoms with E-state index >= 15 is 0 Å². The number of nitrogens with zero attached hydrogens (tertiary/aromatic N) is 1. The lowest BCUT2D eigenvalue weighted by Gasteiger charge is -2.26. The van der Waals surface area contributed by atoms with Crippen molar-refractivity contribution in [1.82, 2.24) is 5.32 Å². The normalized spacial score (nSPS) is 10.7. The van der Waals surface area contributed by atoms with Gasteiger partial charge in [-0.05, 0) is 19.2 Å².